The summed E-state index contributed by atoms with van der Waals surface area (Å²) in [4.78, 5) is 45.3. The number of carboxylic acids is 1. The summed E-state index contributed by atoms with van der Waals surface area (Å²) in [7, 11) is 0. The van der Waals surface area contributed by atoms with Crippen molar-refractivity contribution in [2.24, 2.45) is 17.8 Å². The number of carbonyl (C=O) groups is 3. The second-order valence-electron chi connectivity index (χ2n) is 14.9. The quantitative estimate of drug-likeness (QED) is 0.136. The number of piperidine rings is 2. The molecule has 0 saturated carbocycles. The van der Waals surface area contributed by atoms with Crippen LogP contribution < -0.4 is 4.74 Å². The molecule has 0 radical (unpaired) electrons. The van der Waals surface area contributed by atoms with Gasteiger partial charge in [0.05, 0.1) is 35.5 Å². The number of carbonyl (C=O) groups excluding carboxylic acids is 2. The van der Waals surface area contributed by atoms with Gasteiger partial charge in [-0.15, -0.1) is 11.3 Å². The maximum absolute atomic E-state index is 14.0. The third kappa shape index (κ3) is 11.2. The summed E-state index contributed by atoms with van der Waals surface area (Å²) in [6.07, 6.45) is -4.08. The van der Waals surface area contributed by atoms with E-state index in [2.05, 4.69) is 11.1 Å². The highest BCUT2D eigenvalue weighted by atomic mass is 32.1. The molecule has 0 bridgehead atoms. The topological polar surface area (TPSA) is 144 Å². The van der Waals surface area contributed by atoms with Crippen LogP contribution in [0, 0.1) is 29.1 Å². The van der Waals surface area contributed by atoms with Crippen LogP contribution in [0.3, 0.4) is 0 Å². The normalized spacial score (nSPS) is 18.8. The summed E-state index contributed by atoms with van der Waals surface area (Å²) >= 11 is 0.481. The fourth-order valence-electron chi connectivity index (χ4n) is 7.67. The maximum Gasteiger partial charge on any atom is 0.425 e. The van der Waals surface area contributed by atoms with Crippen molar-refractivity contribution in [3.05, 3.63) is 75.7 Å². The molecule has 2 N–H and O–H groups in total. The number of nitrogens with zero attached hydrogens (tertiary/aromatic N) is 4. The van der Waals surface area contributed by atoms with Crippen molar-refractivity contribution in [3.8, 4) is 17.6 Å². The molecule has 2 aliphatic heterocycles. The first-order chi connectivity index (χ1) is 27.3. The Morgan fingerprint density at radius 1 is 1.05 bits per heavy atom. The Balaban J connectivity index is 0.000000648. The van der Waals surface area contributed by atoms with Gasteiger partial charge in [-0.3, -0.25) is 19.4 Å². The average Bonchev–Trinajstić information content (AvgIpc) is 3.64. The van der Waals surface area contributed by atoms with Gasteiger partial charge in [0.25, 0.3) is 5.91 Å². The number of halogens is 6. The van der Waals surface area contributed by atoms with Crippen molar-refractivity contribution in [1.29, 1.82) is 5.26 Å². The van der Waals surface area contributed by atoms with Crippen LogP contribution in [0.1, 0.15) is 98.6 Å². The first kappa shape index (κ1) is 45.8. The number of ether oxygens (including phenoxy) is 1. The van der Waals surface area contributed by atoms with Crippen molar-refractivity contribution in [2.45, 2.75) is 95.9 Å². The van der Waals surface area contributed by atoms with Gasteiger partial charge in [0.15, 0.2) is 0 Å². The third-order valence-corrected chi connectivity index (χ3v) is 11.7. The Kier molecular flexibility index (Phi) is 15.6. The number of aromatic hydroxyl groups is 1. The Labute approximate surface area is 337 Å². The number of hydrogen-bond acceptors (Lipinski definition) is 8. The van der Waals surface area contributed by atoms with Gasteiger partial charge in [-0.1, -0.05) is 45.4 Å². The van der Waals surface area contributed by atoms with Crippen LogP contribution in [-0.2, 0) is 27.4 Å². The number of thiophene rings is 1. The molecule has 0 aliphatic carbocycles. The van der Waals surface area contributed by atoms with E-state index in [-0.39, 0.29) is 24.1 Å². The van der Waals surface area contributed by atoms with Crippen molar-refractivity contribution < 1.29 is 55.7 Å². The van der Waals surface area contributed by atoms with E-state index >= 15 is 0 Å². The van der Waals surface area contributed by atoms with Gasteiger partial charge < -0.3 is 24.7 Å². The summed E-state index contributed by atoms with van der Waals surface area (Å²) in [6.45, 7) is 6.82. The molecule has 2 aromatic heterocycles. The van der Waals surface area contributed by atoms with Gasteiger partial charge in [0, 0.05) is 48.9 Å². The van der Waals surface area contributed by atoms with E-state index in [4.69, 9.17) is 9.84 Å². The summed E-state index contributed by atoms with van der Waals surface area (Å²) in [5, 5.41) is 29.5. The molecule has 58 heavy (non-hydrogen) atoms. The number of benzene rings is 1. The highest BCUT2D eigenvalue weighted by Crippen LogP contribution is 2.42. The van der Waals surface area contributed by atoms with Crippen LogP contribution in [0.25, 0.3) is 0 Å². The van der Waals surface area contributed by atoms with Gasteiger partial charge in [0.2, 0.25) is 5.91 Å². The van der Waals surface area contributed by atoms with E-state index < -0.39 is 63.7 Å². The number of alkyl halides is 6. The van der Waals surface area contributed by atoms with Crippen molar-refractivity contribution in [2.75, 3.05) is 26.2 Å². The molecule has 1 aromatic carbocycles. The highest BCUT2D eigenvalue weighted by Gasteiger charge is 2.45. The van der Waals surface area contributed by atoms with E-state index in [9.17, 15) is 51.1 Å². The number of aliphatic carboxylic acids is 1. The molecule has 2 aliphatic rings. The van der Waals surface area contributed by atoms with Gasteiger partial charge in [-0.25, -0.2) is 0 Å². The van der Waals surface area contributed by atoms with Gasteiger partial charge >= 0.3 is 18.3 Å². The molecule has 10 nitrogen and oxygen atoms in total. The van der Waals surface area contributed by atoms with E-state index in [0.717, 1.165) is 23.1 Å². The third-order valence-electron chi connectivity index (χ3n) is 10.7. The number of pyridine rings is 1. The molecule has 3 unspecified atom stereocenters. The minimum absolute atomic E-state index is 0.00192. The second kappa shape index (κ2) is 19.7. The molecule has 5 rings (SSSR count). The van der Waals surface area contributed by atoms with Crippen molar-refractivity contribution >= 4 is 29.1 Å². The molecule has 3 atom stereocenters. The van der Waals surface area contributed by atoms with Crippen LogP contribution in [0.5, 0.6) is 11.5 Å². The van der Waals surface area contributed by atoms with E-state index in [1.165, 1.54) is 11.1 Å². The number of nitriles is 1. The number of aromatic nitrogens is 1. The maximum atomic E-state index is 14.0. The minimum atomic E-state index is -4.74. The average molecular weight is 839 g/mol. The number of rotatable bonds is 12. The first-order valence-corrected chi connectivity index (χ1v) is 20.1. The Morgan fingerprint density at radius 3 is 2.29 bits per heavy atom. The summed E-state index contributed by atoms with van der Waals surface area (Å²) in [5.41, 5.74) is -1.92. The zero-order valence-electron chi connectivity index (χ0n) is 32.5. The SMILES string of the molecule is CCCC1C(C(=O)N2CCC(C#N)(c3ccccc3OCCCC(C(=O)O)C(C)C)CC2)CCCN1C(=O)c1ncccc1C(F)(F)F.Oc1csc(C(F)(F)F)c1. The lowest BCUT2D eigenvalue weighted by molar-refractivity contribution is -0.143. The second-order valence-corrected chi connectivity index (χ2v) is 15.8. The zero-order valence-corrected chi connectivity index (χ0v) is 33.3. The zero-order chi connectivity index (χ0) is 42.8. The van der Waals surface area contributed by atoms with E-state index in [1.807, 2.05) is 39.0 Å². The highest BCUT2D eigenvalue weighted by molar-refractivity contribution is 7.10. The molecular weight excluding hydrogens is 791 g/mol. The molecule has 2 fully saturated rings. The van der Waals surface area contributed by atoms with Crippen molar-refractivity contribution in [1.82, 2.24) is 14.8 Å². The van der Waals surface area contributed by atoms with Crippen molar-refractivity contribution in [3.63, 3.8) is 0 Å². The lowest BCUT2D eigenvalue weighted by Gasteiger charge is -2.44. The molecule has 4 heterocycles. The summed E-state index contributed by atoms with van der Waals surface area (Å²) in [6, 6.07) is 11.9. The largest absolute Gasteiger partial charge is 0.507 e. The lowest BCUT2D eigenvalue weighted by atomic mass is 9.73. The number of para-hydroxylation sites is 1. The van der Waals surface area contributed by atoms with Gasteiger partial charge in [-0.05, 0) is 69.1 Å². The van der Waals surface area contributed by atoms with E-state index in [1.54, 1.807) is 11.0 Å². The Morgan fingerprint density at radius 2 is 1.74 bits per heavy atom. The van der Waals surface area contributed by atoms with Gasteiger partial charge in [0.1, 0.15) is 22.1 Å². The number of likely N-dealkylation sites (tertiary alicyclic amines) is 2. The van der Waals surface area contributed by atoms with Crippen LogP contribution >= 0.6 is 11.3 Å². The molecule has 0 spiro atoms. The molecular formula is C41H48F6N4O6S. The predicted molar refractivity (Wildman–Crippen MR) is 203 cm³/mol. The van der Waals surface area contributed by atoms with Crippen LogP contribution in [0.15, 0.2) is 54.0 Å². The lowest BCUT2D eigenvalue weighted by Crippen LogP contribution is -2.55. The van der Waals surface area contributed by atoms with Crippen LogP contribution in [-0.4, -0.2) is 75.1 Å². The van der Waals surface area contributed by atoms with Crippen LogP contribution in [0.4, 0.5) is 26.3 Å². The number of carboxylic acid groups (broad SMARTS) is 1. The fourth-order valence-corrected chi connectivity index (χ4v) is 8.30. The molecule has 3 aromatic rings. The summed E-state index contributed by atoms with van der Waals surface area (Å²) in [5.74, 6) is -2.61. The Hall–Kier alpha value is -4.85. The standard InChI is InChI=1S/C36H45F3N4O5.C5H3F3OS/c1-4-10-29-26(11-8-19-43(29)33(45)31-28(36(37,38)39)14-7-18-41-31)32(44)42-20-16-35(23-40,17-21-42)27-13-5-6-15-30(27)48-22-9-12-25(24(2)3)34(46)47;6-5(7,8)4-1-3(9)2-10-4/h5-7,13-15,18,24-26,29H,4,8-12,16-17,19-22H2,1-3H3,(H,46,47);1-2,9H. The van der Waals surface area contributed by atoms with Crippen LogP contribution in [0.2, 0.25) is 0 Å². The number of hydrogen-bond donors (Lipinski definition) is 2. The summed E-state index contributed by atoms with van der Waals surface area (Å²) < 4.78 is 82.4. The fraction of sp³-hybridized carbons (Fsp3) is 0.537. The predicted octanol–water partition coefficient (Wildman–Crippen LogP) is 9.19. The Bertz CT molecular complexity index is 1900. The molecule has 17 heteroatoms. The minimum Gasteiger partial charge on any atom is -0.507 e. The first-order valence-electron chi connectivity index (χ1n) is 19.2. The molecule has 2 amide bonds. The molecule has 316 valence electrons. The molecule has 2 saturated heterocycles. The number of amides is 2. The smallest absolute Gasteiger partial charge is 0.425 e. The van der Waals surface area contributed by atoms with Gasteiger partial charge in [-0.2, -0.15) is 31.6 Å². The monoisotopic (exact) mass is 838 g/mol. The van der Waals surface area contributed by atoms with E-state index in [0.29, 0.717) is 94.2 Å².